The maximum absolute atomic E-state index is 3.36. The van der Waals surface area contributed by atoms with Crippen LogP contribution in [0.1, 0.15) is 52.4 Å². The van der Waals surface area contributed by atoms with Gasteiger partial charge in [0.2, 0.25) is 0 Å². The van der Waals surface area contributed by atoms with E-state index in [0.717, 1.165) is 0 Å². The number of hydrogen-bond acceptors (Lipinski definition) is 0. The molecule has 12 heavy (non-hydrogen) atoms. The molecule has 0 heteroatoms. The predicted octanol–water partition coefficient (Wildman–Crippen LogP) is 4.73. The Morgan fingerprint density at radius 1 is 0.667 bits per heavy atom. The minimum Gasteiger partial charge on any atom is -0.103 e. The van der Waals surface area contributed by atoms with E-state index >= 15 is 0 Å². The minimum absolute atomic E-state index is 1.50. The first kappa shape index (κ1) is 14.0. The van der Waals surface area contributed by atoms with Crippen molar-refractivity contribution in [3.63, 3.8) is 0 Å². The van der Waals surface area contributed by atoms with Gasteiger partial charge in [0.15, 0.2) is 0 Å². The largest absolute Gasteiger partial charge is 0.103 e. The lowest BCUT2D eigenvalue weighted by molar-refractivity contribution is 0.504. The smallest absolute Gasteiger partial charge is 0.0473 e. The first-order chi connectivity index (χ1) is 5.83. The van der Waals surface area contributed by atoms with Gasteiger partial charge in [0.05, 0.1) is 0 Å². The van der Waals surface area contributed by atoms with Gasteiger partial charge < -0.3 is 0 Å². The summed E-state index contributed by atoms with van der Waals surface area (Å²) < 4.78 is 0. The van der Waals surface area contributed by atoms with Crippen LogP contribution in [0.3, 0.4) is 0 Å². The molecule has 1 aliphatic carbocycles. The van der Waals surface area contributed by atoms with Gasteiger partial charge in [0.1, 0.15) is 0 Å². The lowest BCUT2D eigenvalue weighted by Crippen LogP contribution is -1.85. The van der Waals surface area contributed by atoms with Crippen molar-refractivity contribution in [1.29, 1.82) is 0 Å². The maximum atomic E-state index is 3.36. The van der Waals surface area contributed by atoms with Gasteiger partial charge in [-0.3, -0.25) is 0 Å². The molecule has 1 aliphatic rings. The van der Waals surface area contributed by atoms with Gasteiger partial charge in [0.25, 0.3) is 0 Å². The van der Waals surface area contributed by atoms with Crippen LogP contribution in [0.25, 0.3) is 0 Å². The van der Waals surface area contributed by atoms with Crippen LogP contribution in [0.2, 0.25) is 0 Å². The van der Waals surface area contributed by atoms with E-state index in [9.17, 15) is 0 Å². The molecule has 0 amide bonds. The molecule has 0 saturated heterocycles. The highest BCUT2D eigenvalue weighted by Gasteiger charge is 1.95. The zero-order chi connectivity index (χ0) is 9.66. The van der Waals surface area contributed by atoms with Crippen molar-refractivity contribution >= 4 is 0 Å². The number of allylic oxidation sites excluding steroid dienone is 2. The molecule has 0 aromatic rings. The Bertz CT molecular complexity index is 60.5. The van der Waals surface area contributed by atoms with Gasteiger partial charge in [-0.2, -0.15) is 0 Å². The van der Waals surface area contributed by atoms with Gasteiger partial charge in [-0.15, -0.1) is 13.2 Å². The Labute approximate surface area is 78.4 Å². The van der Waals surface area contributed by atoms with E-state index in [0.29, 0.717) is 0 Å². The zero-order valence-electron chi connectivity index (χ0n) is 8.81. The van der Waals surface area contributed by atoms with E-state index in [4.69, 9.17) is 0 Å². The Morgan fingerprint density at radius 2 is 0.750 bits per heavy atom. The molecule has 0 heterocycles. The van der Waals surface area contributed by atoms with E-state index in [2.05, 4.69) is 13.2 Å². The summed E-state index contributed by atoms with van der Waals surface area (Å²) in [5.41, 5.74) is 0. The van der Waals surface area contributed by atoms with Crippen LogP contribution in [-0.2, 0) is 0 Å². The lowest BCUT2D eigenvalue weighted by Gasteiger charge is -2.05. The van der Waals surface area contributed by atoms with Crippen LogP contribution in [0, 0.1) is 0 Å². The fraction of sp³-hybridized carbons (Fsp3) is 0.667. The monoisotopic (exact) mass is 168 g/mol. The Hall–Kier alpha value is -0.520. The van der Waals surface area contributed by atoms with E-state index in [1.807, 2.05) is 13.8 Å². The maximum Gasteiger partial charge on any atom is -0.0473 e. The average Bonchev–Trinajstić information content (AvgIpc) is 2.10. The van der Waals surface area contributed by atoms with Gasteiger partial charge in [0, 0.05) is 0 Å². The van der Waals surface area contributed by atoms with E-state index in [1.165, 1.54) is 38.5 Å². The van der Waals surface area contributed by atoms with Crippen LogP contribution < -0.4 is 0 Å². The molecule has 1 rings (SSSR count). The Kier molecular flexibility index (Phi) is 19.7. The second kappa shape index (κ2) is 16.8. The molecule has 0 bridgehead atoms. The fourth-order valence-electron chi connectivity index (χ4n) is 1.06. The summed E-state index contributed by atoms with van der Waals surface area (Å²) in [5.74, 6) is 0. The SMILES string of the molecule is C1CCCCC1.C=CC.C=CC. The Balaban J connectivity index is 0. The molecular formula is C12H24. The summed E-state index contributed by atoms with van der Waals surface area (Å²) in [6, 6.07) is 0. The second-order valence-corrected chi connectivity index (χ2v) is 2.94. The molecule has 0 spiro atoms. The van der Waals surface area contributed by atoms with E-state index in [-0.39, 0.29) is 0 Å². The average molecular weight is 168 g/mol. The highest BCUT2D eigenvalue weighted by Crippen LogP contribution is 2.15. The molecule has 0 aromatic carbocycles. The third-order valence-electron chi connectivity index (χ3n) is 1.50. The molecule has 72 valence electrons. The van der Waals surface area contributed by atoms with Gasteiger partial charge in [-0.05, 0) is 13.8 Å². The number of rotatable bonds is 0. The topological polar surface area (TPSA) is 0 Å². The van der Waals surface area contributed by atoms with Gasteiger partial charge in [-0.1, -0.05) is 50.7 Å². The summed E-state index contributed by atoms with van der Waals surface area (Å²) in [6.45, 7) is 10.5. The Morgan fingerprint density at radius 3 is 0.833 bits per heavy atom. The fourth-order valence-corrected chi connectivity index (χ4v) is 1.06. The summed E-state index contributed by atoms with van der Waals surface area (Å²) >= 11 is 0. The van der Waals surface area contributed by atoms with Crippen LogP contribution in [0.4, 0.5) is 0 Å². The van der Waals surface area contributed by atoms with Crippen LogP contribution in [-0.4, -0.2) is 0 Å². The van der Waals surface area contributed by atoms with Crippen molar-refractivity contribution in [3.8, 4) is 0 Å². The third kappa shape index (κ3) is 22.7. The van der Waals surface area contributed by atoms with Crippen LogP contribution >= 0.6 is 0 Å². The van der Waals surface area contributed by atoms with Crippen molar-refractivity contribution in [2.75, 3.05) is 0 Å². The molecule has 0 aromatic heterocycles. The zero-order valence-corrected chi connectivity index (χ0v) is 8.81. The minimum atomic E-state index is 1.50. The molecule has 0 radical (unpaired) electrons. The highest BCUT2D eigenvalue weighted by atomic mass is 14.0. The molecule has 0 atom stereocenters. The molecular weight excluding hydrogens is 144 g/mol. The van der Waals surface area contributed by atoms with Crippen LogP contribution in [0.15, 0.2) is 25.3 Å². The molecule has 1 saturated carbocycles. The summed E-state index contributed by atoms with van der Waals surface area (Å²) in [6.07, 6.45) is 12.5. The van der Waals surface area contributed by atoms with Crippen molar-refractivity contribution < 1.29 is 0 Å². The summed E-state index contributed by atoms with van der Waals surface area (Å²) in [5, 5.41) is 0. The number of hydrogen-bond donors (Lipinski definition) is 0. The van der Waals surface area contributed by atoms with Crippen molar-refractivity contribution in [1.82, 2.24) is 0 Å². The molecule has 1 fully saturated rings. The third-order valence-corrected chi connectivity index (χ3v) is 1.50. The van der Waals surface area contributed by atoms with Crippen molar-refractivity contribution in [2.24, 2.45) is 0 Å². The molecule has 0 aliphatic heterocycles. The molecule has 0 nitrogen and oxygen atoms in total. The highest BCUT2D eigenvalue weighted by molar-refractivity contribution is 4.52. The van der Waals surface area contributed by atoms with Crippen molar-refractivity contribution in [3.05, 3.63) is 25.3 Å². The lowest BCUT2D eigenvalue weighted by atomic mass is 10.0. The first-order valence-corrected chi connectivity index (χ1v) is 4.97. The first-order valence-electron chi connectivity index (χ1n) is 4.97. The summed E-state index contributed by atoms with van der Waals surface area (Å²) in [4.78, 5) is 0. The predicted molar refractivity (Wildman–Crippen MR) is 59.4 cm³/mol. The normalized spacial score (nSPS) is 14.2. The quantitative estimate of drug-likeness (QED) is 0.459. The van der Waals surface area contributed by atoms with Gasteiger partial charge >= 0.3 is 0 Å². The molecule has 0 unspecified atom stereocenters. The molecule has 0 N–H and O–H groups in total. The van der Waals surface area contributed by atoms with Crippen LogP contribution in [0.5, 0.6) is 0 Å². The van der Waals surface area contributed by atoms with E-state index in [1.54, 1.807) is 12.2 Å². The summed E-state index contributed by atoms with van der Waals surface area (Å²) in [7, 11) is 0. The van der Waals surface area contributed by atoms with Gasteiger partial charge in [-0.25, -0.2) is 0 Å². The van der Waals surface area contributed by atoms with E-state index < -0.39 is 0 Å². The second-order valence-electron chi connectivity index (χ2n) is 2.94. The van der Waals surface area contributed by atoms with Crippen molar-refractivity contribution in [2.45, 2.75) is 52.4 Å². The standard InChI is InChI=1S/C6H12.2C3H6/c1-2-4-6-5-3-1;2*1-3-2/h1-6H2;2*3H,1H2,2H3.